The van der Waals surface area contributed by atoms with E-state index in [4.69, 9.17) is 11.6 Å². The maximum atomic E-state index is 6.49. The summed E-state index contributed by atoms with van der Waals surface area (Å²) in [5.41, 5.74) is 3.47. The Morgan fingerprint density at radius 2 is 1.29 bits per heavy atom. The minimum atomic E-state index is 0.847. The monoisotopic (exact) mass is 242 g/mol. The van der Waals surface area contributed by atoms with Crippen molar-refractivity contribution in [1.82, 2.24) is 0 Å². The molecule has 0 aliphatic heterocycles. The van der Waals surface area contributed by atoms with Crippen LogP contribution in [0.5, 0.6) is 0 Å². The van der Waals surface area contributed by atoms with Crippen molar-refractivity contribution >= 4 is 22.2 Å². The van der Waals surface area contributed by atoms with Gasteiger partial charge in [0.1, 0.15) is 0 Å². The van der Waals surface area contributed by atoms with Crippen LogP contribution in [-0.2, 0) is 0 Å². The molecule has 0 bridgehead atoms. The van der Waals surface area contributed by atoms with Crippen LogP contribution in [0, 0.1) is 0 Å². The van der Waals surface area contributed by atoms with Crippen LogP contribution >= 0.6 is 11.6 Å². The van der Waals surface area contributed by atoms with Crippen molar-refractivity contribution in [1.29, 1.82) is 0 Å². The molecule has 2 rings (SSSR count). The molecule has 0 heterocycles. The van der Waals surface area contributed by atoms with Crippen molar-refractivity contribution in [2.75, 3.05) is 0 Å². The molecule has 0 aromatic heterocycles. The third kappa shape index (κ3) is 2.78. The van der Waals surface area contributed by atoms with Gasteiger partial charge >= 0.3 is 0 Å². The second kappa shape index (κ2) is 5.70. The van der Waals surface area contributed by atoms with Gasteiger partial charge in [0, 0.05) is 0 Å². The maximum Gasteiger partial charge on any atom is 0.0516 e. The van der Waals surface area contributed by atoms with Gasteiger partial charge in [-0.1, -0.05) is 79.2 Å². The molecule has 86 valence electrons. The molecule has 2 aromatic carbocycles. The number of halogens is 1. The molecule has 0 atom stereocenters. The minimum absolute atomic E-state index is 0.847. The molecule has 2 aromatic rings. The van der Waals surface area contributed by atoms with Crippen molar-refractivity contribution in [3.8, 4) is 0 Å². The summed E-state index contributed by atoms with van der Waals surface area (Å²) in [4.78, 5) is 0. The fraction of sp³-hybridized carbons (Fsp3) is 0.125. The largest absolute Gasteiger partial charge is 0.0834 e. The Morgan fingerprint density at radius 1 is 0.824 bits per heavy atom. The van der Waals surface area contributed by atoms with Crippen LogP contribution < -0.4 is 0 Å². The molecular weight excluding hydrogens is 228 g/mol. The second-order valence-corrected chi connectivity index (χ2v) is 4.26. The van der Waals surface area contributed by atoms with Crippen LogP contribution in [0.2, 0.25) is 0 Å². The lowest BCUT2D eigenvalue weighted by Crippen LogP contribution is -1.86. The zero-order valence-electron chi connectivity index (χ0n) is 9.86. The predicted octanol–water partition coefficient (Wildman–Crippen LogP) is 5.20. The van der Waals surface area contributed by atoms with Crippen LogP contribution in [-0.4, -0.2) is 0 Å². The van der Waals surface area contributed by atoms with E-state index >= 15 is 0 Å². The van der Waals surface area contributed by atoms with E-state index in [1.807, 2.05) is 48.5 Å². The first-order valence-electron chi connectivity index (χ1n) is 5.82. The predicted molar refractivity (Wildman–Crippen MR) is 75.8 cm³/mol. The molecule has 0 spiro atoms. The zero-order valence-corrected chi connectivity index (χ0v) is 10.6. The third-order valence-corrected chi connectivity index (χ3v) is 3.21. The lowest BCUT2D eigenvalue weighted by molar-refractivity contribution is 1.24. The summed E-state index contributed by atoms with van der Waals surface area (Å²) in [6.07, 6.45) is 0.928. The Balaban J connectivity index is 2.48. The molecule has 17 heavy (non-hydrogen) atoms. The fourth-order valence-electron chi connectivity index (χ4n) is 1.88. The Hall–Kier alpha value is -1.53. The van der Waals surface area contributed by atoms with Gasteiger partial charge in [0.25, 0.3) is 0 Å². The molecule has 0 aliphatic rings. The average Bonchev–Trinajstić information content (AvgIpc) is 2.42. The summed E-state index contributed by atoms with van der Waals surface area (Å²) < 4.78 is 0. The Morgan fingerprint density at radius 3 is 1.76 bits per heavy atom. The Kier molecular flexibility index (Phi) is 4.00. The number of hydrogen-bond acceptors (Lipinski definition) is 0. The lowest BCUT2D eigenvalue weighted by Gasteiger charge is -2.09. The Bertz CT molecular complexity index is 498. The van der Waals surface area contributed by atoms with Crippen molar-refractivity contribution in [3.05, 3.63) is 71.8 Å². The van der Waals surface area contributed by atoms with Gasteiger partial charge in [-0.3, -0.25) is 0 Å². The highest BCUT2D eigenvalue weighted by molar-refractivity contribution is 6.52. The zero-order chi connectivity index (χ0) is 12.1. The topological polar surface area (TPSA) is 0 Å². The van der Waals surface area contributed by atoms with Gasteiger partial charge in [-0.2, -0.15) is 0 Å². The van der Waals surface area contributed by atoms with E-state index in [1.54, 1.807) is 0 Å². The summed E-state index contributed by atoms with van der Waals surface area (Å²) in [7, 11) is 0. The molecule has 0 fully saturated rings. The number of allylic oxidation sites excluding steroid dienone is 1. The van der Waals surface area contributed by atoms with Crippen molar-refractivity contribution in [2.24, 2.45) is 0 Å². The smallest absolute Gasteiger partial charge is 0.0516 e. The van der Waals surface area contributed by atoms with Gasteiger partial charge in [-0.25, -0.2) is 0 Å². The molecule has 1 heteroatoms. The summed E-state index contributed by atoms with van der Waals surface area (Å²) in [5, 5.41) is 0.847. The number of benzene rings is 2. The van der Waals surface area contributed by atoms with Crippen LogP contribution in [0.1, 0.15) is 24.5 Å². The number of hydrogen-bond donors (Lipinski definition) is 0. The van der Waals surface area contributed by atoms with Gasteiger partial charge in [-0.05, 0) is 23.1 Å². The van der Waals surface area contributed by atoms with Gasteiger partial charge in [0.05, 0.1) is 5.03 Å². The molecule has 0 unspecified atom stereocenters. The average molecular weight is 243 g/mol. The van der Waals surface area contributed by atoms with E-state index in [2.05, 4.69) is 19.1 Å². The van der Waals surface area contributed by atoms with E-state index < -0.39 is 0 Å². The summed E-state index contributed by atoms with van der Waals surface area (Å²) in [6.45, 7) is 2.13. The van der Waals surface area contributed by atoms with Gasteiger partial charge < -0.3 is 0 Å². The second-order valence-electron chi connectivity index (χ2n) is 3.88. The minimum Gasteiger partial charge on any atom is -0.0834 e. The molecule has 0 nitrogen and oxygen atoms in total. The standard InChI is InChI=1S/C16H15Cl/c1-2-15(13-9-5-3-6-10-13)16(17)14-11-7-4-8-12-14/h3-12H,2H2,1H3/b16-15-. The SMILES string of the molecule is CC/C(=C(/Cl)c1ccccc1)c1ccccc1. The number of rotatable bonds is 3. The summed E-state index contributed by atoms with van der Waals surface area (Å²) in [5.74, 6) is 0. The molecular formula is C16H15Cl. The van der Waals surface area contributed by atoms with Gasteiger partial charge in [0.2, 0.25) is 0 Å². The summed E-state index contributed by atoms with van der Waals surface area (Å²) >= 11 is 6.49. The third-order valence-electron chi connectivity index (χ3n) is 2.77. The van der Waals surface area contributed by atoms with Crippen molar-refractivity contribution < 1.29 is 0 Å². The van der Waals surface area contributed by atoms with Gasteiger partial charge in [0.15, 0.2) is 0 Å². The van der Waals surface area contributed by atoms with E-state index in [-0.39, 0.29) is 0 Å². The molecule has 0 saturated carbocycles. The molecule has 0 saturated heterocycles. The Labute approximate surface area is 108 Å². The molecule has 0 radical (unpaired) electrons. The first kappa shape index (κ1) is 11.9. The highest BCUT2D eigenvalue weighted by Gasteiger charge is 2.06. The van der Waals surface area contributed by atoms with Crippen LogP contribution in [0.15, 0.2) is 60.7 Å². The highest BCUT2D eigenvalue weighted by Crippen LogP contribution is 2.31. The quantitative estimate of drug-likeness (QED) is 0.649. The maximum absolute atomic E-state index is 6.49. The van der Waals surface area contributed by atoms with E-state index in [0.29, 0.717) is 0 Å². The molecule has 0 amide bonds. The van der Waals surface area contributed by atoms with Crippen LogP contribution in [0.4, 0.5) is 0 Å². The van der Waals surface area contributed by atoms with Crippen LogP contribution in [0.3, 0.4) is 0 Å². The van der Waals surface area contributed by atoms with Gasteiger partial charge in [-0.15, -0.1) is 0 Å². The van der Waals surface area contributed by atoms with Crippen molar-refractivity contribution in [3.63, 3.8) is 0 Å². The van der Waals surface area contributed by atoms with Crippen molar-refractivity contribution in [2.45, 2.75) is 13.3 Å². The molecule has 0 N–H and O–H groups in total. The van der Waals surface area contributed by atoms with E-state index in [1.165, 1.54) is 11.1 Å². The summed E-state index contributed by atoms with van der Waals surface area (Å²) in [6, 6.07) is 20.4. The van der Waals surface area contributed by atoms with Crippen LogP contribution in [0.25, 0.3) is 10.6 Å². The fourth-order valence-corrected chi connectivity index (χ4v) is 2.25. The lowest BCUT2D eigenvalue weighted by atomic mass is 10.0. The highest BCUT2D eigenvalue weighted by atomic mass is 35.5. The normalized spacial score (nSPS) is 12.1. The van der Waals surface area contributed by atoms with E-state index in [0.717, 1.165) is 17.0 Å². The first-order chi connectivity index (χ1) is 8.33. The first-order valence-corrected chi connectivity index (χ1v) is 6.20. The molecule has 0 aliphatic carbocycles. The van der Waals surface area contributed by atoms with E-state index in [9.17, 15) is 0 Å².